The maximum atomic E-state index is 12.4. The van der Waals surface area contributed by atoms with Crippen LogP contribution in [0, 0.1) is 5.92 Å². The summed E-state index contributed by atoms with van der Waals surface area (Å²) in [6, 6.07) is 13.4. The molecule has 27 heavy (non-hydrogen) atoms. The molecule has 2 heterocycles. The Morgan fingerprint density at radius 2 is 1.93 bits per heavy atom. The maximum absolute atomic E-state index is 12.4. The highest BCUT2D eigenvalue weighted by Gasteiger charge is 2.20. The van der Waals surface area contributed by atoms with Crippen LogP contribution in [-0.2, 0) is 6.54 Å². The zero-order valence-electron chi connectivity index (χ0n) is 16.2. The molecule has 0 saturated carbocycles. The Kier molecular flexibility index (Phi) is 6.82. The quantitative estimate of drug-likeness (QED) is 0.814. The zero-order chi connectivity index (χ0) is 19.1. The molecule has 1 aromatic heterocycles. The number of pyridine rings is 1. The lowest BCUT2D eigenvalue weighted by Crippen LogP contribution is -2.38. The molecule has 5 heteroatoms. The molecule has 1 amide bonds. The summed E-state index contributed by atoms with van der Waals surface area (Å²) >= 11 is 0. The highest BCUT2D eigenvalue weighted by atomic mass is 16.5. The molecule has 1 aliphatic heterocycles. The summed E-state index contributed by atoms with van der Waals surface area (Å²) in [6.07, 6.45) is 4.19. The second kappa shape index (κ2) is 9.51. The van der Waals surface area contributed by atoms with Gasteiger partial charge >= 0.3 is 0 Å². The van der Waals surface area contributed by atoms with E-state index >= 15 is 0 Å². The number of hydrogen-bond acceptors (Lipinski definition) is 4. The van der Waals surface area contributed by atoms with Gasteiger partial charge in [-0.05, 0) is 82.1 Å². The van der Waals surface area contributed by atoms with E-state index < -0.39 is 0 Å². The summed E-state index contributed by atoms with van der Waals surface area (Å²) in [5.74, 6) is 1.32. The van der Waals surface area contributed by atoms with Gasteiger partial charge in [-0.2, -0.15) is 0 Å². The summed E-state index contributed by atoms with van der Waals surface area (Å²) in [5.41, 5.74) is 1.80. The Hall–Kier alpha value is -2.40. The minimum Gasteiger partial charge on any atom is -0.491 e. The van der Waals surface area contributed by atoms with E-state index in [0.29, 0.717) is 11.5 Å². The number of nitrogens with one attached hydrogen (secondary N) is 1. The molecular formula is C22H29N3O2. The van der Waals surface area contributed by atoms with Gasteiger partial charge in [0.25, 0.3) is 5.91 Å². The number of aromatic nitrogens is 1. The topological polar surface area (TPSA) is 54.5 Å². The molecule has 1 aromatic carbocycles. The molecule has 1 N–H and O–H groups in total. The first kappa shape index (κ1) is 19.4. The fourth-order valence-electron chi connectivity index (χ4n) is 3.37. The van der Waals surface area contributed by atoms with E-state index in [1.807, 2.05) is 56.4 Å². The molecule has 0 unspecified atom stereocenters. The third kappa shape index (κ3) is 6.07. The number of amides is 1. The molecule has 2 aromatic rings. The Labute approximate surface area is 161 Å². The van der Waals surface area contributed by atoms with Crippen molar-refractivity contribution in [2.24, 2.45) is 5.92 Å². The number of ether oxygens (including phenoxy) is 1. The van der Waals surface area contributed by atoms with Gasteiger partial charge in [0.15, 0.2) is 0 Å². The van der Waals surface area contributed by atoms with E-state index in [0.717, 1.165) is 50.5 Å². The van der Waals surface area contributed by atoms with Crippen LogP contribution in [-0.4, -0.2) is 41.5 Å². The van der Waals surface area contributed by atoms with Gasteiger partial charge in [-0.3, -0.25) is 14.7 Å². The van der Waals surface area contributed by atoms with Crippen LogP contribution in [0.25, 0.3) is 0 Å². The summed E-state index contributed by atoms with van der Waals surface area (Å²) in [7, 11) is 0. The molecule has 1 saturated heterocycles. The van der Waals surface area contributed by atoms with Gasteiger partial charge < -0.3 is 10.1 Å². The average Bonchev–Trinajstić information content (AvgIpc) is 2.68. The number of carbonyl (C=O) groups is 1. The summed E-state index contributed by atoms with van der Waals surface area (Å²) < 4.78 is 5.62. The standard InChI is InChI=1S/C22H29N3O2/c1-17(2)27-21-8-6-19(7-9-21)22(26)24-15-18-10-13-25(14-11-18)16-20-5-3-4-12-23-20/h3-9,12,17-18H,10-11,13-16H2,1-2H3,(H,24,26). The molecular weight excluding hydrogens is 338 g/mol. The largest absolute Gasteiger partial charge is 0.491 e. The van der Waals surface area contributed by atoms with Gasteiger partial charge in [-0.1, -0.05) is 6.07 Å². The van der Waals surface area contributed by atoms with Crippen LogP contribution in [0.4, 0.5) is 0 Å². The van der Waals surface area contributed by atoms with Crippen LogP contribution in [0.2, 0.25) is 0 Å². The van der Waals surface area contributed by atoms with Crippen molar-refractivity contribution < 1.29 is 9.53 Å². The molecule has 5 nitrogen and oxygen atoms in total. The third-order valence-electron chi connectivity index (χ3n) is 4.86. The average molecular weight is 367 g/mol. The number of likely N-dealkylation sites (tertiary alicyclic amines) is 1. The maximum Gasteiger partial charge on any atom is 0.251 e. The van der Waals surface area contributed by atoms with Crippen molar-refractivity contribution in [3.8, 4) is 5.75 Å². The molecule has 1 aliphatic rings. The molecule has 0 spiro atoms. The van der Waals surface area contributed by atoms with Crippen molar-refractivity contribution >= 4 is 5.91 Å². The Morgan fingerprint density at radius 3 is 2.56 bits per heavy atom. The zero-order valence-corrected chi connectivity index (χ0v) is 16.2. The second-order valence-corrected chi connectivity index (χ2v) is 7.44. The van der Waals surface area contributed by atoms with Crippen molar-refractivity contribution in [3.05, 3.63) is 59.9 Å². The lowest BCUT2D eigenvalue weighted by molar-refractivity contribution is 0.0935. The van der Waals surface area contributed by atoms with Crippen LogP contribution >= 0.6 is 0 Å². The molecule has 3 rings (SSSR count). The first-order valence-electron chi connectivity index (χ1n) is 9.77. The Bertz CT molecular complexity index is 708. The van der Waals surface area contributed by atoms with Crippen LogP contribution < -0.4 is 10.1 Å². The van der Waals surface area contributed by atoms with Crippen LogP contribution in [0.15, 0.2) is 48.7 Å². The lowest BCUT2D eigenvalue weighted by atomic mass is 9.96. The number of benzene rings is 1. The SMILES string of the molecule is CC(C)Oc1ccc(C(=O)NCC2CCN(Cc3ccccn3)CC2)cc1. The molecule has 0 bridgehead atoms. The van der Waals surface area contributed by atoms with Crippen molar-refractivity contribution in [2.45, 2.75) is 39.3 Å². The first-order valence-corrected chi connectivity index (χ1v) is 9.77. The Morgan fingerprint density at radius 1 is 1.19 bits per heavy atom. The normalized spacial score (nSPS) is 15.7. The van der Waals surface area contributed by atoms with Gasteiger partial charge in [0.05, 0.1) is 11.8 Å². The fraction of sp³-hybridized carbons (Fsp3) is 0.455. The first-order chi connectivity index (χ1) is 13.1. The van der Waals surface area contributed by atoms with Gasteiger partial charge in [0, 0.05) is 24.8 Å². The van der Waals surface area contributed by atoms with Crippen molar-refractivity contribution in [1.82, 2.24) is 15.2 Å². The predicted molar refractivity (Wildman–Crippen MR) is 107 cm³/mol. The van der Waals surface area contributed by atoms with Crippen LogP contribution in [0.3, 0.4) is 0 Å². The van der Waals surface area contributed by atoms with E-state index in [1.54, 1.807) is 0 Å². The minimum absolute atomic E-state index is 0.0120. The molecule has 144 valence electrons. The fourth-order valence-corrected chi connectivity index (χ4v) is 3.37. The highest BCUT2D eigenvalue weighted by Crippen LogP contribution is 2.18. The molecule has 0 aliphatic carbocycles. The van der Waals surface area contributed by atoms with Crippen molar-refractivity contribution in [3.63, 3.8) is 0 Å². The van der Waals surface area contributed by atoms with E-state index in [-0.39, 0.29) is 12.0 Å². The second-order valence-electron chi connectivity index (χ2n) is 7.44. The number of piperidine rings is 1. The summed E-state index contributed by atoms with van der Waals surface area (Å²) in [4.78, 5) is 19.2. The third-order valence-corrected chi connectivity index (χ3v) is 4.86. The van der Waals surface area contributed by atoms with Crippen molar-refractivity contribution in [1.29, 1.82) is 0 Å². The molecule has 0 atom stereocenters. The van der Waals surface area contributed by atoms with Crippen LogP contribution in [0.1, 0.15) is 42.7 Å². The monoisotopic (exact) mass is 367 g/mol. The number of nitrogens with zero attached hydrogens (tertiary/aromatic N) is 2. The Balaban J connectivity index is 1.40. The van der Waals surface area contributed by atoms with Crippen LogP contribution in [0.5, 0.6) is 5.75 Å². The van der Waals surface area contributed by atoms with E-state index in [1.165, 1.54) is 0 Å². The number of hydrogen-bond donors (Lipinski definition) is 1. The summed E-state index contributed by atoms with van der Waals surface area (Å²) in [5, 5.41) is 3.08. The predicted octanol–water partition coefficient (Wildman–Crippen LogP) is 3.51. The highest BCUT2D eigenvalue weighted by molar-refractivity contribution is 5.94. The van der Waals surface area contributed by atoms with E-state index in [4.69, 9.17) is 4.74 Å². The lowest BCUT2D eigenvalue weighted by Gasteiger charge is -2.31. The van der Waals surface area contributed by atoms with E-state index in [9.17, 15) is 4.79 Å². The van der Waals surface area contributed by atoms with Gasteiger partial charge in [-0.15, -0.1) is 0 Å². The smallest absolute Gasteiger partial charge is 0.251 e. The summed E-state index contributed by atoms with van der Waals surface area (Å²) in [6.45, 7) is 7.73. The van der Waals surface area contributed by atoms with E-state index in [2.05, 4.69) is 21.3 Å². The minimum atomic E-state index is -0.0120. The van der Waals surface area contributed by atoms with Gasteiger partial charge in [0.1, 0.15) is 5.75 Å². The van der Waals surface area contributed by atoms with Gasteiger partial charge in [0.2, 0.25) is 0 Å². The molecule has 0 radical (unpaired) electrons. The number of rotatable bonds is 7. The van der Waals surface area contributed by atoms with Gasteiger partial charge in [-0.25, -0.2) is 0 Å². The van der Waals surface area contributed by atoms with Crippen molar-refractivity contribution in [2.75, 3.05) is 19.6 Å². The molecule has 1 fully saturated rings. The number of carbonyl (C=O) groups excluding carboxylic acids is 1.